The quantitative estimate of drug-likeness (QED) is 0.709. The average Bonchev–Trinajstić information content (AvgIpc) is 3.27. The second-order valence-corrected chi connectivity index (χ2v) is 7.35. The Hall–Kier alpha value is -2.19. The number of nitrogens with one attached hydrogen (secondary N) is 3. The summed E-state index contributed by atoms with van der Waals surface area (Å²) in [5.41, 5.74) is 6.61. The second-order valence-electron chi connectivity index (χ2n) is 5.43. The lowest BCUT2D eigenvalue weighted by Crippen LogP contribution is -2.42. The number of amides is 3. The van der Waals surface area contributed by atoms with Crippen LogP contribution in [0.3, 0.4) is 0 Å². The van der Waals surface area contributed by atoms with E-state index < -0.39 is 0 Å². The number of hydrogen-bond acceptors (Lipinski definition) is 5. The van der Waals surface area contributed by atoms with E-state index in [2.05, 4.69) is 16.2 Å². The molecule has 2 aromatic heterocycles. The summed E-state index contributed by atoms with van der Waals surface area (Å²) >= 11 is 2.92. The zero-order chi connectivity index (χ0) is 16.9. The van der Waals surface area contributed by atoms with Gasteiger partial charge in [0.1, 0.15) is 0 Å². The van der Waals surface area contributed by atoms with Crippen LogP contribution in [-0.4, -0.2) is 24.3 Å². The Morgan fingerprint density at radius 3 is 2.75 bits per heavy atom. The summed E-state index contributed by atoms with van der Waals surface area (Å²) in [5, 5.41) is 6.22. The van der Waals surface area contributed by atoms with Gasteiger partial charge in [-0.1, -0.05) is 0 Å². The predicted octanol–water partition coefficient (Wildman–Crippen LogP) is 1.88. The zero-order valence-electron chi connectivity index (χ0n) is 12.9. The van der Waals surface area contributed by atoms with Gasteiger partial charge in [-0.05, 0) is 42.3 Å². The van der Waals surface area contributed by atoms with Gasteiger partial charge in [-0.15, -0.1) is 11.3 Å². The highest BCUT2D eigenvalue weighted by atomic mass is 32.1. The summed E-state index contributed by atoms with van der Waals surface area (Å²) in [6, 6.07) is 3.62. The largest absolute Gasteiger partial charge is 0.351 e. The molecule has 0 fully saturated rings. The molecule has 0 bridgehead atoms. The molecule has 8 heteroatoms. The van der Waals surface area contributed by atoms with E-state index in [1.807, 2.05) is 11.4 Å². The highest BCUT2D eigenvalue weighted by Gasteiger charge is 2.18. The maximum absolute atomic E-state index is 12.0. The van der Waals surface area contributed by atoms with Crippen LogP contribution in [0.5, 0.6) is 0 Å². The van der Waals surface area contributed by atoms with Crippen molar-refractivity contribution in [2.75, 3.05) is 6.54 Å². The van der Waals surface area contributed by atoms with E-state index in [0.29, 0.717) is 10.4 Å². The Balaban J connectivity index is 1.37. The van der Waals surface area contributed by atoms with Crippen molar-refractivity contribution in [3.63, 3.8) is 0 Å². The van der Waals surface area contributed by atoms with Crippen molar-refractivity contribution in [1.82, 2.24) is 16.2 Å². The lowest BCUT2D eigenvalue weighted by Gasteiger charge is -2.07. The number of hydrazine groups is 1. The number of hydrogen-bond donors (Lipinski definition) is 3. The molecule has 1 aliphatic carbocycles. The standard InChI is InChI=1S/C16H17N3O3S2/c20-14(4-6-17-15(21)11-5-7-23-9-11)18-19-16(22)13-8-10-2-1-3-12(10)24-13/h5,7-9H,1-4,6H2,(H,17,21)(H,18,20)(H,19,22). The molecule has 2 aromatic rings. The minimum atomic E-state index is -0.349. The lowest BCUT2D eigenvalue weighted by molar-refractivity contribution is -0.121. The first kappa shape index (κ1) is 16.7. The first-order chi connectivity index (χ1) is 11.6. The van der Waals surface area contributed by atoms with Gasteiger partial charge in [-0.25, -0.2) is 0 Å². The van der Waals surface area contributed by atoms with Crippen LogP contribution in [0.2, 0.25) is 0 Å². The first-order valence-electron chi connectivity index (χ1n) is 7.64. The lowest BCUT2D eigenvalue weighted by atomic mass is 10.2. The van der Waals surface area contributed by atoms with E-state index in [1.54, 1.807) is 11.4 Å². The van der Waals surface area contributed by atoms with Crippen LogP contribution in [0, 0.1) is 0 Å². The average molecular weight is 363 g/mol. The Morgan fingerprint density at radius 1 is 1.12 bits per heavy atom. The normalized spacial score (nSPS) is 12.5. The van der Waals surface area contributed by atoms with Crippen LogP contribution in [0.1, 0.15) is 43.3 Å². The van der Waals surface area contributed by atoms with Gasteiger partial charge in [-0.2, -0.15) is 11.3 Å². The number of fused-ring (bicyclic) bond motifs is 1. The smallest absolute Gasteiger partial charge is 0.279 e. The molecule has 0 radical (unpaired) electrons. The Bertz CT molecular complexity index is 731. The Labute approximate surface area is 147 Å². The topological polar surface area (TPSA) is 87.3 Å². The highest BCUT2D eigenvalue weighted by molar-refractivity contribution is 7.14. The molecule has 0 atom stereocenters. The number of carbonyl (C=O) groups is 3. The van der Waals surface area contributed by atoms with E-state index in [-0.39, 0.29) is 30.7 Å². The molecular weight excluding hydrogens is 346 g/mol. The summed E-state index contributed by atoms with van der Waals surface area (Å²) in [6.07, 6.45) is 3.30. The van der Waals surface area contributed by atoms with Crippen molar-refractivity contribution in [1.29, 1.82) is 0 Å². The number of rotatable bonds is 5. The van der Waals surface area contributed by atoms with Gasteiger partial charge in [0, 0.05) is 28.8 Å². The van der Waals surface area contributed by atoms with Gasteiger partial charge in [0.2, 0.25) is 5.91 Å². The third-order valence-corrected chi connectivity index (χ3v) is 5.63. The number of aryl methyl sites for hydroxylation is 2. The molecule has 126 valence electrons. The third kappa shape index (κ3) is 4.01. The van der Waals surface area contributed by atoms with Gasteiger partial charge in [-0.3, -0.25) is 25.2 Å². The van der Waals surface area contributed by atoms with Gasteiger partial charge >= 0.3 is 0 Å². The number of carbonyl (C=O) groups excluding carboxylic acids is 3. The highest BCUT2D eigenvalue weighted by Crippen LogP contribution is 2.30. The fourth-order valence-corrected chi connectivity index (χ4v) is 4.26. The molecule has 2 heterocycles. The van der Waals surface area contributed by atoms with E-state index in [4.69, 9.17) is 0 Å². The summed E-state index contributed by atoms with van der Waals surface area (Å²) in [5.74, 6) is -0.857. The Morgan fingerprint density at radius 2 is 2.00 bits per heavy atom. The maximum atomic E-state index is 12.0. The molecule has 3 N–H and O–H groups in total. The maximum Gasteiger partial charge on any atom is 0.279 e. The molecule has 3 rings (SSSR count). The summed E-state index contributed by atoms with van der Waals surface area (Å²) in [4.78, 5) is 37.3. The van der Waals surface area contributed by atoms with Gasteiger partial charge in [0.25, 0.3) is 11.8 Å². The molecule has 0 aromatic carbocycles. The van der Waals surface area contributed by atoms with Crippen LogP contribution in [0.4, 0.5) is 0 Å². The first-order valence-corrected chi connectivity index (χ1v) is 9.40. The fraction of sp³-hybridized carbons (Fsp3) is 0.312. The van der Waals surface area contributed by atoms with Crippen LogP contribution in [0.15, 0.2) is 22.9 Å². The monoisotopic (exact) mass is 363 g/mol. The van der Waals surface area contributed by atoms with E-state index in [1.165, 1.54) is 33.1 Å². The van der Waals surface area contributed by atoms with Gasteiger partial charge in [0.05, 0.1) is 4.88 Å². The number of thiophene rings is 2. The van der Waals surface area contributed by atoms with Gasteiger partial charge < -0.3 is 5.32 Å². The fourth-order valence-electron chi connectivity index (χ4n) is 2.48. The predicted molar refractivity (Wildman–Crippen MR) is 93.2 cm³/mol. The van der Waals surface area contributed by atoms with Crippen LogP contribution >= 0.6 is 22.7 Å². The van der Waals surface area contributed by atoms with Crippen molar-refractivity contribution in [2.45, 2.75) is 25.7 Å². The third-order valence-electron chi connectivity index (χ3n) is 3.71. The summed E-state index contributed by atoms with van der Waals surface area (Å²) in [7, 11) is 0. The molecule has 6 nitrogen and oxygen atoms in total. The van der Waals surface area contributed by atoms with E-state index in [9.17, 15) is 14.4 Å². The van der Waals surface area contributed by atoms with Crippen LogP contribution < -0.4 is 16.2 Å². The summed E-state index contributed by atoms with van der Waals surface area (Å²) < 4.78 is 0. The molecule has 24 heavy (non-hydrogen) atoms. The molecule has 0 saturated carbocycles. The second kappa shape index (κ2) is 7.59. The minimum Gasteiger partial charge on any atom is -0.351 e. The Kier molecular flexibility index (Phi) is 5.27. The van der Waals surface area contributed by atoms with E-state index in [0.717, 1.165) is 19.3 Å². The van der Waals surface area contributed by atoms with Crippen molar-refractivity contribution in [2.24, 2.45) is 0 Å². The van der Waals surface area contributed by atoms with Gasteiger partial charge in [0.15, 0.2) is 0 Å². The van der Waals surface area contributed by atoms with Crippen molar-refractivity contribution in [3.05, 3.63) is 43.8 Å². The van der Waals surface area contributed by atoms with Crippen LogP contribution in [0.25, 0.3) is 0 Å². The molecule has 0 aliphatic heterocycles. The summed E-state index contributed by atoms with van der Waals surface area (Å²) in [6.45, 7) is 0.212. The molecular formula is C16H17N3O3S2. The zero-order valence-corrected chi connectivity index (χ0v) is 14.5. The molecule has 3 amide bonds. The van der Waals surface area contributed by atoms with Crippen molar-refractivity contribution >= 4 is 40.4 Å². The minimum absolute atomic E-state index is 0.0943. The SMILES string of the molecule is O=C(CCNC(=O)c1ccsc1)NNC(=O)c1cc2c(s1)CCC2. The van der Waals surface area contributed by atoms with E-state index >= 15 is 0 Å². The molecule has 0 unspecified atom stereocenters. The molecule has 0 saturated heterocycles. The van der Waals surface area contributed by atoms with Crippen molar-refractivity contribution in [3.8, 4) is 0 Å². The molecule has 1 aliphatic rings. The van der Waals surface area contributed by atoms with Crippen LogP contribution in [-0.2, 0) is 17.6 Å². The van der Waals surface area contributed by atoms with Crippen molar-refractivity contribution < 1.29 is 14.4 Å². The molecule has 0 spiro atoms.